The van der Waals surface area contributed by atoms with Gasteiger partial charge >= 0.3 is 0 Å². The summed E-state index contributed by atoms with van der Waals surface area (Å²) in [6, 6.07) is 15.3. The summed E-state index contributed by atoms with van der Waals surface area (Å²) >= 11 is 5.16. The molecular weight excluding hydrogens is 550 g/mol. The van der Waals surface area contributed by atoms with Crippen molar-refractivity contribution >= 4 is 24.2 Å². The Morgan fingerprint density at radius 1 is 0.780 bits per heavy atom. The maximum Gasteiger partial charge on any atom is 0.153 e. The van der Waals surface area contributed by atoms with Crippen molar-refractivity contribution < 1.29 is 38.4 Å². The fraction of sp³-hybridized carbons (Fsp3) is 0.548. The Bertz CT molecular complexity index is 871. The molecule has 0 spiro atoms. The average molecular weight is 600 g/mol. The van der Waals surface area contributed by atoms with Crippen LogP contribution in [0.2, 0.25) is 0 Å². The monoisotopic (exact) mass is 599 g/mol. The average Bonchev–Trinajstić information content (AvgIpc) is 2.96. The Morgan fingerprint density at radius 2 is 1.29 bits per heavy atom. The Balaban J connectivity index is 0. The molecule has 0 aliphatic carbocycles. The molecule has 0 aromatic heterocycles. The molecule has 0 saturated carbocycles. The number of methoxy groups -OCH3 is 2. The molecule has 0 atom stereocenters. The number of hydrogen-bond donors (Lipinski definition) is 1. The zero-order valence-corrected chi connectivity index (χ0v) is 26.5. The minimum atomic E-state index is 0.0347. The first kappa shape index (κ1) is 40.8. The highest BCUT2D eigenvalue weighted by Crippen LogP contribution is 2.11. The number of ether oxygens (including phenoxy) is 5. The second-order valence-corrected chi connectivity index (χ2v) is 9.11. The van der Waals surface area contributed by atoms with Gasteiger partial charge in [-0.2, -0.15) is 0 Å². The van der Waals surface area contributed by atoms with Gasteiger partial charge in [-0.25, -0.2) is 0 Å². The number of halogens is 1. The highest BCUT2D eigenvalue weighted by Gasteiger charge is 2.09. The zero-order chi connectivity index (χ0) is 31.3. The van der Waals surface area contributed by atoms with Gasteiger partial charge in [0.05, 0.1) is 38.6 Å². The highest BCUT2D eigenvalue weighted by molar-refractivity contribution is 6.17. The molecule has 2 aromatic rings. The third-order valence-electron chi connectivity index (χ3n) is 5.30. The molecule has 0 radical (unpaired) electrons. The SMILES string of the molecule is CCN(C(C)C)C(C)C.COCCOCCl.COCCOCOCc1ccccc1C=O.O=Cc1ccccc1O. The number of phenolic OH excluding ortho intramolecular Hbond substituents is 1. The minimum absolute atomic E-state index is 0.0347. The number of phenols is 1. The van der Waals surface area contributed by atoms with E-state index < -0.39 is 0 Å². The van der Waals surface area contributed by atoms with Gasteiger partial charge in [0.2, 0.25) is 0 Å². The predicted molar refractivity (Wildman–Crippen MR) is 164 cm³/mol. The first-order chi connectivity index (χ1) is 19.7. The molecule has 0 fully saturated rings. The molecule has 234 valence electrons. The molecule has 0 saturated heterocycles. The lowest BCUT2D eigenvalue weighted by molar-refractivity contribution is -0.0725. The number of alkyl halides is 1. The van der Waals surface area contributed by atoms with E-state index >= 15 is 0 Å². The van der Waals surface area contributed by atoms with Crippen LogP contribution in [0.25, 0.3) is 0 Å². The van der Waals surface area contributed by atoms with Crippen molar-refractivity contribution in [3.63, 3.8) is 0 Å². The molecule has 0 bridgehead atoms. The third-order valence-corrected chi connectivity index (χ3v) is 5.46. The lowest BCUT2D eigenvalue weighted by Crippen LogP contribution is -2.36. The van der Waals surface area contributed by atoms with Crippen molar-refractivity contribution in [1.29, 1.82) is 0 Å². The van der Waals surface area contributed by atoms with E-state index in [0.717, 1.165) is 18.4 Å². The number of benzene rings is 2. The summed E-state index contributed by atoms with van der Waals surface area (Å²) in [4.78, 5) is 23.2. The first-order valence-electron chi connectivity index (χ1n) is 13.5. The molecule has 0 heterocycles. The van der Waals surface area contributed by atoms with Gasteiger partial charge in [0.15, 0.2) is 6.29 Å². The van der Waals surface area contributed by atoms with E-state index in [0.29, 0.717) is 62.5 Å². The summed E-state index contributed by atoms with van der Waals surface area (Å²) in [7, 11) is 3.24. The Kier molecular flexibility index (Phi) is 29.0. The molecule has 2 aromatic carbocycles. The van der Waals surface area contributed by atoms with Crippen molar-refractivity contribution in [3.8, 4) is 5.75 Å². The van der Waals surface area contributed by atoms with E-state index in [9.17, 15) is 9.59 Å². The molecule has 0 unspecified atom stereocenters. The molecule has 2 rings (SSSR count). The number of aldehydes is 2. The van der Waals surface area contributed by atoms with Crippen LogP contribution in [0.4, 0.5) is 0 Å². The fourth-order valence-corrected chi connectivity index (χ4v) is 3.41. The maximum absolute atomic E-state index is 10.7. The molecule has 41 heavy (non-hydrogen) atoms. The highest BCUT2D eigenvalue weighted by atomic mass is 35.5. The van der Waals surface area contributed by atoms with E-state index in [1.807, 2.05) is 18.2 Å². The summed E-state index contributed by atoms with van der Waals surface area (Å²) < 4.78 is 24.6. The minimum Gasteiger partial charge on any atom is -0.507 e. The van der Waals surface area contributed by atoms with Crippen molar-refractivity contribution in [2.75, 3.05) is 60.1 Å². The van der Waals surface area contributed by atoms with Crippen molar-refractivity contribution in [2.24, 2.45) is 0 Å². The number of para-hydroxylation sites is 1. The van der Waals surface area contributed by atoms with Crippen LogP contribution < -0.4 is 0 Å². The molecule has 0 aliphatic rings. The van der Waals surface area contributed by atoms with Crippen LogP contribution in [-0.4, -0.2) is 94.7 Å². The van der Waals surface area contributed by atoms with Gasteiger partial charge in [0.25, 0.3) is 0 Å². The van der Waals surface area contributed by atoms with Crippen LogP contribution >= 0.6 is 11.6 Å². The molecule has 0 aliphatic heterocycles. The lowest BCUT2D eigenvalue weighted by atomic mass is 10.1. The van der Waals surface area contributed by atoms with Crippen LogP contribution in [0.15, 0.2) is 48.5 Å². The van der Waals surface area contributed by atoms with Crippen LogP contribution in [0, 0.1) is 0 Å². The molecule has 10 heteroatoms. The Morgan fingerprint density at radius 3 is 1.71 bits per heavy atom. The molecule has 9 nitrogen and oxygen atoms in total. The molecule has 1 N–H and O–H groups in total. The zero-order valence-electron chi connectivity index (χ0n) is 25.7. The van der Waals surface area contributed by atoms with Crippen molar-refractivity contribution in [1.82, 2.24) is 4.90 Å². The van der Waals surface area contributed by atoms with Crippen molar-refractivity contribution in [2.45, 2.75) is 53.3 Å². The molecular formula is C31H50ClNO8. The van der Waals surface area contributed by atoms with Gasteiger partial charge in [-0.3, -0.25) is 14.5 Å². The summed E-state index contributed by atoms with van der Waals surface area (Å²) in [6.07, 6.45) is 1.44. The predicted octanol–water partition coefficient (Wildman–Crippen LogP) is 5.81. The van der Waals surface area contributed by atoms with Crippen molar-refractivity contribution in [3.05, 3.63) is 65.2 Å². The first-order valence-corrected chi connectivity index (χ1v) is 14.1. The number of nitrogens with zero attached hydrogens (tertiary/aromatic N) is 1. The topological polar surface area (TPSA) is 104 Å². The third kappa shape index (κ3) is 22.9. The normalized spacial score (nSPS) is 10.2. The van der Waals surface area contributed by atoms with Crippen LogP contribution in [-0.2, 0) is 30.3 Å². The maximum atomic E-state index is 10.7. The summed E-state index contributed by atoms with van der Waals surface area (Å²) in [6.45, 7) is 15.2. The summed E-state index contributed by atoms with van der Waals surface area (Å²) in [5.74, 6) is 0.0347. The van der Waals surface area contributed by atoms with Gasteiger partial charge in [-0.05, 0) is 51.9 Å². The lowest BCUT2D eigenvalue weighted by Gasteiger charge is -2.28. The van der Waals surface area contributed by atoms with Crippen LogP contribution in [0.1, 0.15) is 60.9 Å². The number of carbonyl (C=O) groups excluding carboxylic acids is 2. The number of carbonyl (C=O) groups is 2. The van der Waals surface area contributed by atoms with E-state index in [1.165, 1.54) is 6.07 Å². The van der Waals surface area contributed by atoms with E-state index in [2.05, 4.69) is 44.3 Å². The van der Waals surface area contributed by atoms with Gasteiger partial charge < -0.3 is 28.8 Å². The van der Waals surface area contributed by atoms with E-state index in [1.54, 1.807) is 38.5 Å². The number of rotatable bonds is 16. The second kappa shape index (κ2) is 29.1. The number of aromatic hydroxyl groups is 1. The Labute approximate surface area is 251 Å². The van der Waals surface area contributed by atoms with Crippen LogP contribution in [0.3, 0.4) is 0 Å². The smallest absolute Gasteiger partial charge is 0.153 e. The summed E-state index contributed by atoms with van der Waals surface area (Å²) in [5, 5.41) is 8.88. The second-order valence-electron chi connectivity index (χ2n) is 8.89. The number of hydrogen-bond acceptors (Lipinski definition) is 9. The standard InChI is InChI=1S/C12H16O4.C8H19N.C7H6O2.C4H9ClO2/c1-14-6-7-15-10-16-9-12-5-3-2-4-11(12)8-13;1-6-9(7(2)3)8(4)5;8-5-6-3-1-2-4-7(6)9;1-6-2-3-7-4-5/h2-5,8H,6-7,9-10H2,1H3;7-8H,6H2,1-5H3;1-5,9H;2-4H2,1H3. The van der Waals surface area contributed by atoms with E-state index in [-0.39, 0.29) is 18.6 Å². The van der Waals surface area contributed by atoms with Gasteiger partial charge in [0.1, 0.15) is 24.9 Å². The molecule has 0 amide bonds. The largest absolute Gasteiger partial charge is 0.507 e. The van der Waals surface area contributed by atoms with Gasteiger partial charge in [-0.15, -0.1) is 0 Å². The summed E-state index contributed by atoms with van der Waals surface area (Å²) in [5.41, 5.74) is 1.85. The van der Waals surface area contributed by atoms with Gasteiger partial charge in [-0.1, -0.05) is 54.9 Å². The van der Waals surface area contributed by atoms with Crippen LogP contribution in [0.5, 0.6) is 5.75 Å². The quantitative estimate of drug-likeness (QED) is 0.111. The Hall–Kier alpha value is -2.37. The van der Waals surface area contributed by atoms with Gasteiger partial charge in [0, 0.05) is 31.9 Å². The fourth-order valence-electron chi connectivity index (χ4n) is 3.30. The van der Waals surface area contributed by atoms with E-state index in [4.69, 9.17) is 35.7 Å².